The Balaban J connectivity index is 1.72. The zero-order valence-electron chi connectivity index (χ0n) is 13.1. The molecule has 0 amide bonds. The van der Waals surface area contributed by atoms with Crippen LogP contribution in [0.25, 0.3) is 0 Å². The minimum absolute atomic E-state index is 0.0756. The standard InChI is InChI=1S/C18H20N2O2S2/c19-15(17(21)13-7-3-1-4-8-13)11-23-24-12-16(20)18(22)14-9-5-2-6-10-14/h1-10,15-16H,11-12,19-20H2/t15-,16-/m1/s1. The predicted octanol–water partition coefficient (Wildman–Crippen LogP) is 2.79. The Morgan fingerprint density at radius 2 is 1.04 bits per heavy atom. The van der Waals surface area contributed by atoms with Crippen LogP contribution < -0.4 is 11.5 Å². The van der Waals surface area contributed by atoms with Crippen molar-refractivity contribution in [3.63, 3.8) is 0 Å². The maximum absolute atomic E-state index is 12.1. The molecule has 4 nitrogen and oxygen atoms in total. The normalized spacial score (nSPS) is 13.2. The van der Waals surface area contributed by atoms with Gasteiger partial charge in [-0.05, 0) is 0 Å². The van der Waals surface area contributed by atoms with E-state index in [4.69, 9.17) is 11.5 Å². The first-order chi connectivity index (χ1) is 11.6. The van der Waals surface area contributed by atoms with Crippen molar-refractivity contribution < 1.29 is 9.59 Å². The Hall–Kier alpha value is -1.60. The quantitative estimate of drug-likeness (QED) is 0.406. The van der Waals surface area contributed by atoms with Gasteiger partial charge in [0.05, 0.1) is 12.1 Å². The molecule has 0 fully saturated rings. The van der Waals surface area contributed by atoms with Crippen LogP contribution in [0.15, 0.2) is 60.7 Å². The van der Waals surface area contributed by atoms with Crippen LogP contribution in [-0.4, -0.2) is 35.2 Å². The van der Waals surface area contributed by atoms with Crippen LogP contribution in [0.3, 0.4) is 0 Å². The van der Waals surface area contributed by atoms with Crippen LogP contribution in [0.1, 0.15) is 20.7 Å². The van der Waals surface area contributed by atoms with Crippen molar-refractivity contribution in [1.82, 2.24) is 0 Å². The van der Waals surface area contributed by atoms with Crippen molar-refractivity contribution in [2.75, 3.05) is 11.5 Å². The molecule has 0 radical (unpaired) electrons. The fourth-order valence-corrected chi connectivity index (χ4v) is 4.27. The summed E-state index contributed by atoms with van der Waals surface area (Å²) in [4.78, 5) is 24.3. The van der Waals surface area contributed by atoms with E-state index in [9.17, 15) is 9.59 Å². The van der Waals surface area contributed by atoms with Gasteiger partial charge in [-0.1, -0.05) is 82.3 Å². The van der Waals surface area contributed by atoms with Gasteiger partial charge in [0.2, 0.25) is 0 Å². The lowest BCUT2D eigenvalue weighted by Gasteiger charge is -2.12. The average Bonchev–Trinajstić information content (AvgIpc) is 2.65. The van der Waals surface area contributed by atoms with Gasteiger partial charge in [-0.15, -0.1) is 0 Å². The van der Waals surface area contributed by atoms with Crippen molar-refractivity contribution in [3.8, 4) is 0 Å². The molecular weight excluding hydrogens is 340 g/mol. The monoisotopic (exact) mass is 360 g/mol. The summed E-state index contributed by atoms with van der Waals surface area (Å²) >= 11 is 0. The lowest BCUT2D eigenvalue weighted by molar-refractivity contribution is 0.0962. The highest BCUT2D eigenvalue weighted by Crippen LogP contribution is 2.23. The lowest BCUT2D eigenvalue weighted by Crippen LogP contribution is -2.34. The molecule has 0 spiro atoms. The van der Waals surface area contributed by atoms with Gasteiger partial charge in [-0.2, -0.15) is 0 Å². The topological polar surface area (TPSA) is 86.2 Å². The molecule has 2 rings (SSSR count). The Labute approximate surface area is 149 Å². The molecule has 126 valence electrons. The van der Waals surface area contributed by atoms with Crippen molar-refractivity contribution in [3.05, 3.63) is 71.8 Å². The number of ketones is 2. The molecule has 0 aliphatic heterocycles. The third-order valence-electron chi connectivity index (χ3n) is 3.37. The maximum atomic E-state index is 12.1. The zero-order valence-corrected chi connectivity index (χ0v) is 14.8. The third kappa shape index (κ3) is 5.49. The van der Waals surface area contributed by atoms with Crippen LogP contribution >= 0.6 is 21.6 Å². The van der Waals surface area contributed by atoms with Crippen LogP contribution in [0.2, 0.25) is 0 Å². The molecule has 0 saturated heterocycles. The number of nitrogens with two attached hydrogens (primary N) is 2. The van der Waals surface area contributed by atoms with Crippen molar-refractivity contribution in [2.45, 2.75) is 12.1 Å². The molecule has 0 aliphatic rings. The van der Waals surface area contributed by atoms with Gasteiger partial charge in [-0.3, -0.25) is 9.59 Å². The summed E-state index contributed by atoms with van der Waals surface area (Å²) in [7, 11) is 2.93. The number of carbonyl (C=O) groups excluding carboxylic acids is 2. The van der Waals surface area contributed by atoms with Gasteiger partial charge in [0.15, 0.2) is 11.6 Å². The van der Waals surface area contributed by atoms with Gasteiger partial charge >= 0.3 is 0 Å². The summed E-state index contributed by atoms with van der Waals surface area (Å²) in [6.45, 7) is 0. The summed E-state index contributed by atoms with van der Waals surface area (Å²) in [5.41, 5.74) is 13.1. The van der Waals surface area contributed by atoms with E-state index in [0.29, 0.717) is 22.6 Å². The Morgan fingerprint density at radius 3 is 1.38 bits per heavy atom. The fourth-order valence-electron chi connectivity index (χ4n) is 2.03. The van der Waals surface area contributed by atoms with E-state index in [-0.39, 0.29) is 11.6 Å². The highest BCUT2D eigenvalue weighted by molar-refractivity contribution is 8.76. The largest absolute Gasteiger partial charge is 0.320 e. The average molecular weight is 361 g/mol. The second kappa shape index (κ2) is 9.64. The number of hydrogen-bond donors (Lipinski definition) is 2. The Kier molecular flexibility index (Phi) is 7.52. The van der Waals surface area contributed by atoms with E-state index < -0.39 is 12.1 Å². The number of rotatable bonds is 9. The predicted molar refractivity (Wildman–Crippen MR) is 102 cm³/mol. The van der Waals surface area contributed by atoms with Gasteiger partial charge < -0.3 is 11.5 Å². The first kappa shape index (κ1) is 18.7. The molecule has 24 heavy (non-hydrogen) atoms. The number of Topliss-reactive ketones (excluding diaryl/α,β-unsaturated/α-hetero) is 2. The van der Waals surface area contributed by atoms with Crippen LogP contribution in [0.4, 0.5) is 0 Å². The first-order valence-corrected chi connectivity index (χ1v) is 10.0. The summed E-state index contributed by atoms with van der Waals surface area (Å²) < 4.78 is 0. The molecule has 0 aromatic heterocycles. The number of benzene rings is 2. The summed E-state index contributed by atoms with van der Waals surface area (Å²) in [6.07, 6.45) is 0. The van der Waals surface area contributed by atoms with E-state index in [1.807, 2.05) is 36.4 Å². The molecule has 2 aromatic carbocycles. The van der Waals surface area contributed by atoms with Crippen LogP contribution in [-0.2, 0) is 0 Å². The van der Waals surface area contributed by atoms with E-state index in [1.54, 1.807) is 24.3 Å². The van der Waals surface area contributed by atoms with Gasteiger partial charge in [0, 0.05) is 22.6 Å². The summed E-state index contributed by atoms with van der Waals surface area (Å²) in [6, 6.07) is 16.9. The molecule has 0 unspecified atom stereocenters. The van der Waals surface area contributed by atoms with Gasteiger partial charge in [-0.25, -0.2) is 0 Å². The van der Waals surface area contributed by atoms with E-state index >= 15 is 0 Å². The van der Waals surface area contributed by atoms with Gasteiger partial charge in [0.1, 0.15) is 0 Å². The highest BCUT2D eigenvalue weighted by atomic mass is 33.1. The summed E-state index contributed by atoms with van der Waals surface area (Å²) in [5, 5.41) is 0. The van der Waals surface area contributed by atoms with E-state index in [0.717, 1.165) is 0 Å². The summed E-state index contributed by atoms with van der Waals surface area (Å²) in [5.74, 6) is 0.802. The smallest absolute Gasteiger partial charge is 0.180 e. The van der Waals surface area contributed by atoms with Gasteiger partial charge in [0.25, 0.3) is 0 Å². The molecule has 6 heteroatoms. The fraction of sp³-hybridized carbons (Fsp3) is 0.222. The second-order valence-corrected chi connectivity index (χ2v) is 7.79. The first-order valence-electron chi connectivity index (χ1n) is 7.53. The SMILES string of the molecule is N[C@H](CSSC[C@@H](N)C(=O)c1ccccc1)C(=O)c1ccccc1. The Bertz CT molecular complexity index is 606. The van der Waals surface area contributed by atoms with Crippen LogP contribution in [0.5, 0.6) is 0 Å². The second-order valence-electron chi connectivity index (χ2n) is 5.24. The zero-order chi connectivity index (χ0) is 17.4. The molecule has 2 aromatic rings. The van der Waals surface area contributed by atoms with E-state index in [2.05, 4.69) is 0 Å². The molecule has 2 atom stereocenters. The van der Waals surface area contributed by atoms with Crippen LogP contribution in [0, 0.1) is 0 Å². The molecule has 4 N–H and O–H groups in total. The minimum Gasteiger partial charge on any atom is -0.320 e. The number of carbonyl (C=O) groups is 2. The third-order valence-corrected chi connectivity index (χ3v) is 5.84. The molecule has 0 saturated carbocycles. The number of hydrogen-bond acceptors (Lipinski definition) is 6. The molecule has 0 aliphatic carbocycles. The highest BCUT2D eigenvalue weighted by Gasteiger charge is 2.18. The molecular formula is C18H20N2O2S2. The van der Waals surface area contributed by atoms with Crippen molar-refractivity contribution in [1.29, 1.82) is 0 Å². The molecule has 0 bridgehead atoms. The van der Waals surface area contributed by atoms with Crippen molar-refractivity contribution >= 4 is 33.2 Å². The Morgan fingerprint density at radius 1 is 0.708 bits per heavy atom. The lowest BCUT2D eigenvalue weighted by atomic mass is 10.1. The van der Waals surface area contributed by atoms with Crippen molar-refractivity contribution in [2.24, 2.45) is 11.5 Å². The maximum Gasteiger partial charge on any atom is 0.180 e. The molecule has 0 heterocycles. The van der Waals surface area contributed by atoms with E-state index in [1.165, 1.54) is 21.6 Å². The minimum atomic E-state index is -0.564.